The van der Waals surface area contributed by atoms with E-state index >= 15 is 0 Å². The number of fused-ring (bicyclic) bond motifs is 1. The first kappa shape index (κ1) is 12.1. The summed E-state index contributed by atoms with van der Waals surface area (Å²) in [6.45, 7) is 4.15. The number of rotatable bonds is 2. The standard InChI is InChI=1S/C17H18O2/c1-11-7-8-16(15(18)9-11)19-17-12(2)10-13-5-3-4-6-14(13)17/h3-9,12,17-18H,10H2,1-2H3. The van der Waals surface area contributed by atoms with Gasteiger partial charge >= 0.3 is 0 Å². The second-order valence-electron chi connectivity index (χ2n) is 5.39. The van der Waals surface area contributed by atoms with Gasteiger partial charge in [-0.25, -0.2) is 0 Å². The van der Waals surface area contributed by atoms with Gasteiger partial charge in [-0.3, -0.25) is 0 Å². The fourth-order valence-corrected chi connectivity index (χ4v) is 2.80. The molecule has 0 aliphatic heterocycles. The van der Waals surface area contributed by atoms with Gasteiger partial charge in [-0.05, 0) is 42.2 Å². The maximum Gasteiger partial charge on any atom is 0.161 e. The molecule has 2 aromatic rings. The number of ether oxygens (including phenoxy) is 1. The molecule has 1 aliphatic carbocycles. The van der Waals surface area contributed by atoms with Crippen LogP contribution in [-0.4, -0.2) is 5.11 Å². The molecule has 2 atom stereocenters. The summed E-state index contributed by atoms with van der Waals surface area (Å²) >= 11 is 0. The SMILES string of the molecule is Cc1ccc(OC2c3ccccc3CC2C)c(O)c1. The highest BCUT2D eigenvalue weighted by Crippen LogP contribution is 2.41. The molecule has 0 bridgehead atoms. The second-order valence-corrected chi connectivity index (χ2v) is 5.39. The highest BCUT2D eigenvalue weighted by Gasteiger charge is 2.31. The van der Waals surface area contributed by atoms with Gasteiger partial charge in [0.15, 0.2) is 11.5 Å². The van der Waals surface area contributed by atoms with Crippen LogP contribution in [0.3, 0.4) is 0 Å². The molecule has 2 nitrogen and oxygen atoms in total. The summed E-state index contributed by atoms with van der Waals surface area (Å²) in [4.78, 5) is 0. The molecule has 19 heavy (non-hydrogen) atoms. The average molecular weight is 254 g/mol. The molecular formula is C17H18O2. The lowest BCUT2D eigenvalue weighted by molar-refractivity contribution is 0.154. The summed E-state index contributed by atoms with van der Waals surface area (Å²) < 4.78 is 6.05. The zero-order chi connectivity index (χ0) is 13.4. The smallest absolute Gasteiger partial charge is 0.161 e. The zero-order valence-electron chi connectivity index (χ0n) is 11.3. The Hall–Kier alpha value is -1.96. The third-order valence-electron chi connectivity index (χ3n) is 3.79. The Morgan fingerprint density at radius 1 is 1.16 bits per heavy atom. The van der Waals surface area contributed by atoms with E-state index in [0.29, 0.717) is 11.7 Å². The van der Waals surface area contributed by atoms with Crippen LogP contribution < -0.4 is 4.74 Å². The minimum absolute atomic E-state index is 0.0322. The lowest BCUT2D eigenvalue weighted by Crippen LogP contribution is -2.11. The van der Waals surface area contributed by atoms with Crippen molar-refractivity contribution in [3.05, 3.63) is 59.2 Å². The van der Waals surface area contributed by atoms with Crippen molar-refractivity contribution in [2.75, 3.05) is 0 Å². The van der Waals surface area contributed by atoms with Gasteiger partial charge in [0.05, 0.1) is 0 Å². The van der Waals surface area contributed by atoms with Gasteiger partial charge in [-0.15, -0.1) is 0 Å². The van der Waals surface area contributed by atoms with Crippen LogP contribution in [0.5, 0.6) is 11.5 Å². The first-order chi connectivity index (χ1) is 9.15. The molecule has 0 spiro atoms. The van der Waals surface area contributed by atoms with Crippen molar-refractivity contribution in [2.45, 2.75) is 26.4 Å². The van der Waals surface area contributed by atoms with Crippen molar-refractivity contribution in [3.8, 4) is 11.5 Å². The molecule has 1 aliphatic rings. The minimum Gasteiger partial charge on any atom is -0.504 e. The molecule has 0 amide bonds. The zero-order valence-corrected chi connectivity index (χ0v) is 11.3. The molecule has 0 aromatic heterocycles. The van der Waals surface area contributed by atoms with Crippen LogP contribution in [0, 0.1) is 12.8 Å². The lowest BCUT2D eigenvalue weighted by Gasteiger charge is -2.20. The van der Waals surface area contributed by atoms with Gasteiger partial charge in [0.2, 0.25) is 0 Å². The average Bonchev–Trinajstić information content (AvgIpc) is 2.69. The van der Waals surface area contributed by atoms with Crippen LogP contribution in [0.1, 0.15) is 29.7 Å². The van der Waals surface area contributed by atoms with E-state index in [1.54, 1.807) is 6.07 Å². The van der Waals surface area contributed by atoms with Crippen molar-refractivity contribution >= 4 is 0 Å². The first-order valence-corrected chi connectivity index (χ1v) is 6.69. The Balaban J connectivity index is 1.91. The monoisotopic (exact) mass is 254 g/mol. The van der Waals surface area contributed by atoms with Crippen molar-refractivity contribution in [1.82, 2.24) is 0 Å². The van der Waals surface area contributed by atoms with Gasteiger partial charge in [0.1, 0.15) is 6.10 Å². The van der Waals surface area contributed by atoms with Gasteiger partial charge < -0.3 is 9.84 Å². The van der Waals surface area contributed by atoms with E-state index in [-0.39, 0.29) is 11.9 Å². The third kappa shape index (κ3) is 2.19. The van der Waals surface area contributed by atoms with Crippen molar-refractivity contribution < 1.29 is 9.84 Å². The summed E-state index contributed by atoms with van der Waals surface area (Å²) in [6.07, 6.45) is 1.07. The van der Waals surface area contributed by atoms with Gasteiger partial charge in [-0.2, -0.15) is 0 Å². The Bertz CT molecular complexity index is 604. The van der Waals surface area contributed by atoms with Crippen molar-refractivity contribution in [1.29, 1.82) is 0 Å². The fourth-order valence-electron chi connectivity index (χ4n) is 2.80. The maximum absolute atomic E-state index is 9.96. The van der Waals surface area contributed by atoms with Gasteiger partial charge in [0, 0.05) is 5.92 Å². The van der Waals surface area contributed by atoms with Gasteiger partial charge in [-0.1, -0.05) is 37.3 Å². The largest absolute Gasteiger partial charge is 0.504 e. The normalized spacial score (nSPS) is 21.2. The van der Waals surface area contributed by atoms with Crippen LogP contribution in [0.25, 0.3) is 0 Å². The highest BCUT2D eigenvalue weighted by molar-refractivity contribution is 5.43. The molecule has 0 heterocycles. The van der Waals surface area contributed by atoms with E-state index < -0.39 is 0 Å². The number of benzene rings is 2. The van der Waals surface area contributed by atoms with Crippen LogP contribution in [0.2, 0.25) is 0 Å². The van der Waals surface area contributed by atoms with Gasteiger partial charge in [0.25, 0.3) is 0 Å². The molecule has 1 N–H and O–H groups in total. The molecule has 0 saturated carbocycles. The first-order valence-electron chi connectivity index (χ1n) is 6.69. The number of aryl methyl sites for hydroxylation is 1. The number of hydrogen-bond acceptors (Lipinski definition) is 2. The van der Waals surface area contributed by atoms with E-state index in [4.69, 9.17) is 4.74 Å². The Labute approximate surface area is 113 Å². The summed E-state index contributed by atoms with van der Waals surface area (Å²) in [5, 5.41) is 9.96. The predicted molar refractivity (Wildman–Crippen MR) is 75.5 cm³/mol. The third-order valence-corrected chi connectivity index (χ3v) is 3.79. The number of aromatic hydroxyl groups is 1. The van der Waals surface area contributed by atoms with E-state index in [2.05, 4.69) is 25.1 Å². The Morgan fingerprint density at radius 2 is 1.95 bits per heavy atom. The van der Waals surface area contributed by atoms with Crippen molar-refractivity contribution in [3.63, 3.8) is 0 Å². The summed E-state index contributed by atoms with van der Waals surface area (Å²) in [5.74, 6) is 1.22. The molecular weight excluding hydrogens is 236 g/mol. The molecule has 2 heteroatoms. The highest BCUT2D eigenvalue weighted by atomic mass is 16.5. The molecule has 2 unspecified atom stereocenters. The molecule has 98 valence electrons. The lowest BCUT2D eigenvalue weighted by atomic mass is 10.1. The quantitative estimate of drug-likeness (QED) is 0.877. The Morgan fingerprint density at radius 3 is 2.74 bits per heavy atom. The number of phenolic OH excluding ortho intramolecular Hbond substituents is 1. The number of phenols is 1. The van der Waals surface area contributed by atoms with Crippen LogP contribution >= 0.6 is 0 Å². The summed E-state index contributed by atoms with van der Waals surface area (Å²) in [5.41, 5.74) is 3.63. The predicted octanol–water partition coefficient (Wildman–Crippen LogP) is 4.01. The fraction of sp³-hybridized carbons (Fsp3) is 0.294. The van der Waals surface area contributed by atoms with E-state index in [0.717, 1.165) is 12.0 Å². The van der Waals surface area contributed by atoms with Crippen LogP contribution in [-0.2, 0) is 6.42 Å². The van der Waals surface area contributed by atoms with Crippen LogP contribution in [0.4, 0.5) is 0 Å². The molecule has 3 rings (SSSR count). The van der Waals surface area contributed by atoms with Crippen LogP contribution in [0.15, 0.2) is 42.5 Å². The van der Waals surface area contributed by atoms with E-state index in [9.17, 15) is 5.11 Å². The Kier molecular flexibility index (Phi) is 2.94. The topological polar surface area (TPSA) is 29.5 Å². The molecule has 0 saturated heterocycles. The van der Waals surface area contributed by atoms with Crippen molar-refractivity contribution in [2.24, 2.45) is 5.92 Å². The second kappa shape index (κ2) is 4.61. The number of hydrogen-bond donors (Lipinski definition) is 1. The molecule has 2 aromatic carbocycles. The molecule has 0 radical (unpaired) electrons. The van der Waals surface area contributed by atoms with E-state index in [1.165, 1.54) is 11.1 Å². The summed E-state index contributed by atoms with van der Waals surface area (Å²) in [7, 11) is 0. The minimum atomic E-state index is 0.0322. The molecule has 0 fully saturated rings. The summed E-state index contributed by atoms with van der Waals surface area (Å²) in [6, 6.07) is 13.9. The maximum atomic E-state index is 9.96. The van der Waals surface area contributed by atoms with E-state index in [1.807, 2.05) is 25.1 Å².